The Bertz CT molecular complexity index is 420. The number of nitrogens with one attached hydrogen (secondary N) is 1. The molecule has 1 aromatic carbocycles. The van der Waals surface area contributed by atoms with Crippen molar-refractivity contribution in [2.24, 2.45) is 0 Å². The molecule has 18 heavy (non-hydrogen) atoms. The van der Waals surface area contributed by atoms with Crippen molar-refractivity contribution in [1.82, 2.24) is 5.32 Å². The zero-order chi connectivity index (χ0) is 13.2. The predicted octanol–water partition coefficient (Wildman–Crippen LogP) is 2.02. The van der Waals surface area contributed by atoms with E-state index in [1.807, 2.05) is 13.8 Å². The second kappa shape index (κ2) is 5.24. The van der Waals surface area contributed by atoms with Crippen LogP contribution < -0.4 is 10.1 Å². The van der Waals surface area contributed by atoms with Gasteiger partial charge in [0.25, 0.3) is 0 Å². The van der Waals surface area contributed by atoms with Gasteiger partial charge in [-0.05, 0) is 44.4 Å². The number of aliphatic hydroxyl groups excluding tert-OH is 1. The van der Waals surface area contributed by atoms with Crippen LogP contribution in [0.4, 0.5) is 4.39 Å². The molecule has 1 aliphatic rings. The largest absolute Gasteiger partial charge is 0.488 e. The second-order valence-corrected chi connectivity index (χ2v) is 5.36. The lowest BCUT2D eigenvalue weighted by molar-refractivity contribution is 0.112. The van der Waals surface area contributed by atoms with Crippen molar-refractivity contribution in [2.75, 3.05) is 13.2 Å². The quantitative estimate of drug-likeness (QED) is 0.815. The summed E-state index contributed by atoms with van der Waals surface area (Å²) in [5.74, 6) is -0.125. The molecule has 0 spiro atoms. The number of rotatable bonds is 6. The van der Waals surface area contributed by atoms with Crippen molar-refractivity contribution in [1.29, 1.82) is 0 Å². The number of aliphatic hydroxyl groups is 1. The molecule has 1 aromatic rings. The maximum absolute atomic E-state index is 13.5. The van der Waals surface area contributed by atoms with Crippen molar-refractivity contribution in [2.45, 2.75) is 38.3 Å². The van der Waals surface area contributed by atoms with Gasteiger partial charge in [0.2, 0.25) is 0 Å². The highest BCUT2D eigenvalue weighted by molar-refractivity contribution is 5.29. The monoisotopic (exact) mass is 253 g/mol. The number of benzene rings is 1. The van der Waals surface area contributed by atoms with E-state index in [1.54, 1.807) is 12.1 Å². The van der Waals surface area contributed by atoms with Crippen LogP contribution in [0, 0.1) is 12.7 Å². The molecule has 0 aliphatic heterocycles. The molecule has 3 nitrogen and oxygen atoms in total. The summed E-state index contributed by atoms with van der Waals surface area (Å²) in [7, 11) is 0. The Morgan fingerprint density at radius 1 is 1.50 bits per heavy atom. The number of hydrogen-bond acceptors (Lipinski definition) is 3. The second-order valence-electron chi connectivity index (χ2n) is 5.36. The number of halogens is 1. The molecule has 100 valence electrons. The number of aryl methyl sites for hydroxylation is 1. The Balaban J connectivity index is 1.97. The Hall–Kier alpha value is -1.13. The minimum absolute atomic E-state index is 0.0308. The SMILES string of the molecule is Cc1ccc(F)c(OCC(C)(CO)NC2CC2)c1. The van der Waals surface area contributed by atoms with Gasteiger partial charge in [-0.25, -0.2) is 4.39 Å². The third-order valence-corrected chi connectivity index (χ3v) is 3.11. The van der Waals surface area contributed by atoms with Gasteiger partial charge in [-0.3, -0.25) is 0 Å². The first-order chi connectivity index (χ1) is 8.52. The highest BCUT2D eigenvalue weighted by atomic mass is 19.1. The Morgan fingerprint density at radius 2 is 2.22 bits per heavy atom. The normalized spacial score (nSPS) is 18.4. The van der Waals surface area contributed by atoms with Crippen LogP contribution in [0.5, 0.6) is 5.75 Å². The maximum Gasteiger partial charge on any atom is 0.165 e. The van der Waals surface area contributed by atoms with Crippen LogP contribution in [0.25, 0.3) is 0 Å². The van der Waals surface area contributed by atoms with Crippen LogP contribution in [-0.4, -0.2) is 29.9 Å². The molecule has 4 heteroatoms. The third kappa shape index (κ3) is 3.43. The molecule has 1 saturated carbocycles. The Labute approximate surface area is 107 Å². The third-order valence-electron chi connectivity index (χ3n) is 3.11. The summed E-state index contributed by atoms with van der Waals surface area (Å²) < 4.78 is 19.0. The molecule has 1 aliphatic carbocycles. The first-order valence-corrected chi connectivity index (χ1v) is 6.30. The van der Waals surface area contributed by atoms with E-state index in [4.69, 9.17) is 4.74 Å². The molecule has 2 rings (SSSR count). The van der Waals surface area contributed by atoms with E-state index in [0.29, 0.717) is 6.04 Å². The average molecular weight is 253 g/mol. The van der Waals surface area contributed by atoms with Crippen molar-refractivity contribution in [3.8, 4) is 5.75 Å². The molecule has 0 saturated heterocycles. The van der Waals surface area contributed by atoms with Crippen molar-refractivity contribution >= 4 is 0 Å². The van der Waals surface area contributed by atoms with Crippen LogP contribution in [0.1, 0.15) is 25.3 Å². The fraction of sp³-hybridized carbons (Fsp3) is 0.571. The molecule has 0 amide bonds. The topological polar surface area (TPSA) is 41.5 Å². The lowest BCUT2D eigenvalue weighted by Crippen LogP contribution is -2.51. The van der Waals surface area contributed by atoms with Crippen LogP contribution in [0.2, 0.25) is 0 Å². The molecule has 1 fully saturated rings. The maximum atomic E-state index is 13.5. The zero-order valence-electron chi connectivity index (χ0n) is 10.9. The van der Waals surface area contributed by atoms with Crippen LogP contribution >= 0.6 is 0 Å². The zero-order valence-corrected chi connectivity index (χ0v) is 10.9. The molecule has 0 heterocycles. The summed E-state index contributed by atoms with van der Waals surface area (Å²) in [6.07, 6.45) is 2.27. The Morgan fingerprint density at radius 3 is 2.83 bits per heavy atom. The standard InChI is InChI=1S/C14H20FNO2/c1-10-3-6-12(15)13(7-10)18-9-14(2,8-17)16-11-4-5-11/h3,6-7,11,16-17H,4-5,8-9H2,1-2H3. The van der Waals surface area contributed by atoms with Crippen LogP contribution in [0.15, 0.2) is 18.2 Å². The van der Waals surface area contributed by atoms with E-state index in [0.717, 1.165) is 18.4 Å². The molecule has 0 radical (unpaired) electrons. The summed E-state index contributed by atoms with van der Waals surface area (Å²) in [5, 5.41) is 12.8. The molecule has 2 N–H and O–H groups in total. The van der Waals surface area contributed by atoms with E-state index >= 15 is 0 Å². The molecular weight excluding hydrogens is 233 g/mol. The van der Waals surface area contributed by atoms with Crippen molar-refractivity contribution < 1.29 is 14.2 Å². The smallest absolute Gasteiger partial charge is 0.165 e. The molecule has 0 bridgehead atoms. The van der Waals surface area contributed by atoms with Gasteiger partial charge in [0, 0.05) is 6.04 Å². The van der Waals surface area contributed by atoms with Gasteiger partial charge >= 0.3 is 0 Å². The summed E-state index contributed by atoms with van der Waals surface area (Å²) >= 11 is 0. The molecule has 0 aromatic heterocycles. The minimum Gasteiger partial charge on any atom is -0.488 e. The molecule has 1 atom stereocenters. The van der Waals surface area contributed by atoms with Crippen LogP contribution in [0.3, 0.4) is 0 Å². The van der Waals surface area contributed by atoms with Gasteiger partial charge in [0.1, 0.15) is 6.61 Å². The summed E-state index contributed by atoms with van der Waals surface area (Å²) in [6.45, 7) is 4.00. The van der Waals surface area contributed by atoms with Gasteiger partial charge in [0.15, 0.2) is 11.6 Å². The van der Waals surface area contributed by atoms with Gasteiger partial charge in [0.05, 0.1) is 12.1 Å². The average Bonchev–Trinajstić information content (AvgIpc) is 3.14. The molecule has 1 unspecified atom stereocenters. The summed E-state index contributed by atoms with van der Waals surface area (Å²) in [4.78, 5) is 0. The van der Waals surface area contributed by atoms with Gasteiger partial charge < -0.3 is 15.2 Å². The fourth-order valence-electron chi connectivity index (χ4n) is 1.81. The van der Waals surface area contributed by atoms with Gasteiger partial charge in [-0.15, -0.1) is 0 Å². The number of hydrogen-bond donors (Lipinski definition) is 2. The summed E-state index contributed by atoms with van der Waals surface area (Å²) in [5.41, 5.74) is 0.435. The van der Waals surface area contributed by atoms with E-state index in [1.165, 1.54) is 6.07 Å². The molecular formula is C14H20FNO2. The van der Waals surface area contributed by atoms with E-state index in [9.17, 15) is 9.50 Å². The highest BCUT2D eigenvalue weighted by Crippen LogP contribution is 2.24. The Kier molecular flexibility index (Phi) is 3.88. The van der Waals surface area contributed by atoms with Gasteiger partial charge in [-0.2, -0.15) is 0 Å². The van der Waals surface area contributed by atoms with E-state index < -0.39 is 5.54 Å². The van der Waals surface area contributed by atoms with E-state index in [-0.39, 0.29) is 24.8 Å². The predicted molar refractivity (Wildman–Crippen MR) is 68.3 cm³/mol. The lowest BCUT2D eigenvalue weighted by atomic mass is 10.1. The first kappa shape index (κ1) is 13.3. The lowest BCUT2D eigenvalue weighted by Gasteiger charge is -2.29. The van der Waals surface area contributed by atoms with E-state index in [2.05, 4.69) is 5.32 Å². The fourth-order valence-corrected chi connectivity index (χ4v) is 1.81. The van der Waals surface area contributed by atoms with Crippen molar-refractivity contribution in [3.63, 3.8) is 0 Å². The highest BCUT2D eigenvalue weighted by Gasteiger charge is 2.32. The summed E-state index contributed by atoms with van der Waals surface area (Å²) in [6, 6.07) is 5.24. The van der Waals surface area contributed by atoms with Gasteiger partial charge in [-0.1, -0.05) is 6.07 Å². The van der Waals surface area contributed by atoms with Crippen LogP contribution in [-0.2, 0) is 0 Å². The first-order valence-electron chi connectivity index (χ1n) is 6.30. The minimum atomic E-state index is -0.517. The number of ether oxygens (including phenoxy) is 1. The van der Waals surface area contributed by atoms with Crippen molar-refractivity contribution in [3.05, 3.63) is 29.6 Å².